The van der Waals surface area contributed by atoms with Gasteiger partial charge in [0.15, 0.2) is 0 Å². The van der Waals surface area contributed by atoms with Gasteiger partial charge in [-0.1, -0.05) is 127 Å². The topological polar surface area (TPSA) is 0 Å². The van der Waals surface area contributed by atoms with E-state index in [9.17, 15) is 0 Å². The quantitative estimate of drug-likeness (QED) is 0.216. The number of thiophene rings is 1. The molecule has 6 aromatic carbocycles. The minimum absolute atomic E-state index is 1.25. The number of hydrogen-bond donors (Lipinski definition) is 0. The van der Waals surface area contributed by atoms with Crippen LogP contribution in [0.4, 0.5) is 0 Å². The van der Waals surface area contributed by atoms with E-state index in [4.69, 9.17) is 0 Å². The van der Waals surface area contributed by atoms with E-state index in [1.807, 2.05) is 11.3 Å². The number of fused-ring (bicyclic) bond motifs is 2. The molecule has 0 spiro atoms. The summed E-state index contributed by atoms with van der Waals surface area (Å²) in [5.41, 5.74) is 7.62. The highest BCUT2D eigenvalue weighted by molar-refractivity contribution is 7.18. The molecular weight excluding hydrogens is 464 g/mol. The molecule has 0 nitrogen and oxygen atoms in total. The van der Waals surface area contributed by atoms with Crippen molar-refractivity contribution in [3.8, 4) is 43.1 Å². The Kier molecular flexibility index (Phi) is 5.42. The van der Waals surface area contributed by atoms with Crippen molar-refractivity contribution >= 4 is 32.9 Å². The van der Waals surface area contributed by atoms with Gasteiger partial charge in [0.25, 0.3) is 0 Å². The molecule has 1 heterocycles. The maximum Gasteiger partial charge on any atom is 0.0349 e. The van der Waals surface area contributed by atoms with Gasteiger partial charge in [0, 0.05) is 9.75 Å². The van der Waals surface area contributed by atoms with Crippen molar-refractivity contribution in [1.29, 1.82) is 0 Å². The number of hydrogen-bond acceptors (Lipinski definition) is 1. The standard InChI is InChI=1S/C36H24S/c1-4-12-25(13-5-1)33-22-23-34(37-33)28-20-21-31-32(24-28)36(27-16-8-3-9-17-27)30-19-11-10-18-29(30)35(31)26-14-6-2-7-15-26/h1-24H. The summed E-state index contributed by atoms with van der Waals surface area (Å²) >= 11 is 1.85. The molecule has 0 atom stereocenters. The van der Waals surface area contributed by atoms with Gasteiger partial charge in [-0.15, -0.1) is 11.3 Å². The molecule has 0 aliphatic rings. The van der Waals surface area contributed by atoms with E-state index in [1.165, 1.54) is 64.7 Å². The van der Waals surface area contributed by atoms with Crippen LogP contribution in [0.1, 0.15) is 0 Å². The van der Waals surface area contributed by atoms with Gasteiger partial charge in [-0.3, -0.25) is 0 Å². The Balaban J connectivity index is 1.54. The van der Waals surface area contributed by atoms with Crippen LogP contribution in [0.5, 0.6) is 0 Å². The van der Waals surface area contributed by atoms with Crippen LogP contribution in [0.3, 0.4) is 0 Å². The summed E-state index contributed by atoms with van der Waals surface area (Å²) in [7, 11) is 0. The minimum atomic E-state index is 1.25. The lowest BCUT2D eigenvalue weighted by molar-refractivity contribution is 1.65. The molecule has 1 aromatic heterocycles. The van der Waals surface area contributed by atoms with Crippen LogP contribution in [0.25, 0.3) is 64.7 Å². The van der Waals surface area contributed by atoms with Crippen molar-refractivity contribution in [1.82, 2.24) is 0 Å². The molecule has 0 N–H and O–H groups in total. The minimum Gasteiger partial charge on any atom is -0.135 e. The van der Waals surface area contributed by atoms with Gasteiger partial charge < -0.3 is 0 Å². The molecule has 0 saturated heterocycles. The van der Waals surface area contributed by atoms with Gasteiger partial charge in [-0.2, -0.15) is 0 Å². The lowest BCUT2D eigenvalue weighted by Gasteiger charge is -2.18. The zero-order valence-corrected chi connectivity index (χ0v) is 21.1. The van der Waals surface area contributed by atoms with Crippen LogP contribution in [0.15, 0.2) is 146 Å². The average molecular weight is 489 g/mol. The smallest absolute Gasteiger partial charge is 0.0349 e. The van der Waals surface area contributed by atoms with E-state index in [1.54, 1.807) is 0 Å². The van der Waals surface area contributed by atoms with Gasteiger partial charge in [0.1, 0.15) is 0 Å². The van der Waals surface area contributed by atoms with Gasteiger partial charge >= 0.3 is 0 Å². The van der Waals surface area contributed by atoms with Gasteiger partial charge in [0.05, 0.1) is 0 Å². The third-order valence-corrected chi connectivity index (χ3v) is 8.28. The van der Waals surface area contributed by atoms with Crippen LogP contribution in [0.2, 0.25) is 0 Å². The highest BCUT2D eigenvalue weighted by atomic mass is 32.1. The van der Waals surface area contributed by atoms with E-state index in [2.05, 4.69) is 146 Å². The van der Waals surface area contributed by atoms with Crippen LogP contribution in [0, 0.1) is 0 Å². The van der Waals surface area contributed by atoms with Crippen LogP contribution in [-0.2, 0) is 0 Å². The maximum absolute atomic E-state index is 2.40. The molecule has 37 heavy (non-hydrogen) atoms. The first-order valence-corrected chi connectivity index (χ1v) is 13.4. The molecule has 0 saturated carbocycles. The van der Waals surface area contributed by atoms with Crippen LogP contribution < -0.4 is 0 Å². The lowest BCUT2D eigenvalue weighted by atomic mass is 9.85. The fraction of sp³-hybridized carbons (Fsp3) is 0. The molecule has 0 fully saturated rings. The molecule has 174 valence electrons. The second kappa shape index (κ2) is 9.20. The molecule has 7 rings (SSSR count). The summed E-state index contributed by atoms with van der Waals surface area (Å²) in [6.07, 6.45) is 0. The monoisotopic (exact) mass is 488 g/mol. The van der Waals surface area contributed by atoms with Crippen molar-refractivity contribution in [2.24, 2.45) is 0 Å². The van der Waals surface area contributed by atoms with E-state index >= 15 is 0 Å². The predicted molar refractivity (Wildman–Crippen MR) is 161 cm³/mol. The van der Waals surface area contributed by atoms with Gasteiger partial charge in [0.2, 0.25) is 0 Å². The maximum atomic E-state index is 2.40. The normalized spacial score (nSPS) is 11.2. The highest BCUT2D eigenvalue weighted by Crippen LogP contribution is 2.45. The summed E-state index contributed by atoms with van der Waals surface area (Å²) in [4.78, 5) is 2.58. The summed E-state index contributed by atoms with van der Waals surface area (Å²) in [5.74, 6) is 0. The molecule has 0 aliphatic carbocycles. The zero-order chi connectivity index (χ0) is 24.6. The largest absolute Gasteiger partial charge is 0.135 e. The molecule has 7 aromatic rings. The Morgan fingerprint density at radius 3 is 1.30 bits per heavy atom. The molecule has 0 unspecified atom stereocenters. The summed E-state index contributed by atoms with van der Waals surface area (Å²) in [5, 5.41) is 5.15. The van der Waals surface area contributed by atoms with Crippen molar-refractivity contribution in [2.45, 2.75) is 0 Å². The number of benzene rings is 6. The second-order valence-electron chi connectivity index (χ2n) is 9.32. The first-order chi connectivity index (χ1) is 18.4. The third kappa shape index (κ3) is 3.85. The Bertz CT molecular complexity index is 1850. The highest BCUT2D eigenvalue weighted by Gasteiger charge is 2.17. The first-order valence-electron chi connectivity index (χ1n) is 12.6. The fourth-order valence-electron chi connectivity index (χ4n) is 5.41. The molecule has 0 amide bonds. The van der Waals surface area contributed by atoms with Crippen molar-refractivity contribution < 1.29 is 0 Å². The Morgan fingerprint density at radius 1 is 0.297 bits per heavy atom. The van der Waals surface area contributed by atoms with E-state index < -0.39 is 0 Å². The summed E-state index contributed by atoms with van der Waals surface area (Å²) in [6.45, 7) is 0. The van der Waals surface area contributed by atoms with E-state index in [-0.39, 0.29) is 0 Å². The SMILES string of the molecule is c1ccc(-c2ccc(-c3ccc4c(-c5ccccc5)c5ccccc5c(-c5ccccc5)c4c3)s2)cc1. The number of rotatable bonds is 4. The second-order valence-corrected chi connectivity index (χ2v) is 10.4. The van der Waals surface area contributed by atoms with Crippen molar-refractivity contribution in [3.63, 3.8) is 0 Å². The molecule has 1 heteroatoms. The predicted octanol–water partition coefficient (Wildman–Crippen LogP) is 10.7. The molecule has 0 bridgehead atoms. The zero-order valence-electron chi connectivity index (χ0n) is 20.3. The Hall–Kier alpha value is -4.46. The van der Waals surface area contributed by atoms with Crippen molar-refractivity contribution in [3.05, 3.63) is 146 Å². The Morgan fingerprint density at radius 2 is 0.730 bits per heavy atom. The first kappa shape index (κ1) is 21.8. The van der Waals surface area contributed by atoms with Crippen LogP contribution >= 0.6 is 11.3 Å². The summed E-state index contributed by atoms with van der Waals surface area (Å²) < 4.78 is 0. The average Bonchev–Trinajstić information content (AvgIpc) is 3.47. The van der Waals surface area contributed by atoms with E-state index in [0.29, 0.717) is 0 Å². The Labute approximate surface area is 221 Å². The van der Waals surface area contributed by atoms with E-state index in [0.717, 1.165) is 0 Å². The molecule has 0 radical (unpaired) electrons. The van der Waals surface area contributed by atoms with Crippen molar-refractivity contribution in [2.75, 3.05) is 0 Å². The van der Waals surface area contributed by atoms with Gasteiger partial charge in [-0.05, 0) is 73.1 Å². The van der Waals surface area contributed by atoms with Gasteiger partial charge in [-0.25, -0.2) is 0 Å². The summed E-state index contributed by atoms with van der Waals surface area (Å²) in [6, 6.07) is 52.6. The molecular formula is C36H24S. The fourth-order valence-corrected chi connectivity index (χ4v) is 6.42. The lowest BCUT2D eigenvalue weighted by Crippen LogP contribution is -1.91. The third-order valence-electron chi connectivity index (χ3n) is 7.10. The van der Waals surface area contributed by atoms with Crippen LogP contribution in [-0.4, -0.2) is 0 Å². The molecule has 0 aliphatic heterocycles.